The Bertz CT molecular complexity index is 979. The smallest absolute Gasteiger partial charge is 0.423 e. The van der Waals surface area contributed by atoms with Crippen LogP contribution in [-0.2, 0) is 0 Å². The molecule has 0 amide bonds. The van der Waals surface area contributed by atoms with Crippen LogP contribution in [0.5, 0.6) is 11.5 Å². The second kappa shape index (κ2) is 8.02. The number of alkyl halides is 6. The van der Waals surface area contributed by atoms with Crippen molar-refractivity contribution in [1.82, 2.24) is 9.97 Å². The summed E-state index contributed by atoms with van der Waals surface area (Å²) < 4.78 is 91.9. The van der Waals surface area contributed by atoms with Crippen LogP contribution in [0.15, 0.2) is 41.7 Å². The molecular weight excluding hydrogens is 444 g/mol. The summed E-state index contributed by atoms with van der Waals surface area (Å²) in [6.45, 7) is 1.32. The van der Waals surface area contributed by atoms with Crippen molar-refractivity contribution in [3.63, 3.8) is 0 Å². The Labute approximate surface area is 178 Å². The zero-order valence-electron chi connectivity index (χ0n) is 16.4. The van der Waals surface area contributed by atoms with Crippen LogP contribution in [-0.4, -0.2) is 47.2 Å². The van der Waals surface area contributed by atoms with Crippen LogP contribution < -0.4 is 19.7 Å². The topological polar surface area (TPSA) is 71.9 Å². The van der Waals surface area contributed by atoms with Crippen molar-refractivity contribution in [2.75, 3.05) is 23.3 Å². The molecule has 2 aliphatic heterocycles. The SMILES string of the molecule is FC(F)(F)C(=NC1(C(F)(F)F)Oc2ccccc2O1)Nc1cc(N2CCCCC2)ncn1. The first-order chi connectivity index (χ1) is 15.1. The largest absolute Gasteiger partial charge is 0.494 e. The number of amidine groups is 1. The molecule has 1 fully saturated rings. The quantitative estimate of drug-likeness (QED) is 0.412. The molecule has 0 atom stereocenters. The molecule has 172 valence electrons. The number of hydrogen-bond donors (Lipinski definition) is 1. The molecule has 2 aliphatic rings. The lowest BCUT2D eigenvalue weighted by atomic mass is 10.1. The van der Waals surface area contributed by atoms with Gasteiger partial charge in [0.2, 0.25) is 5.84 Å². The van der Waals surface area contributed by atoms with Crippen LogP contribution in [0.2, 0.25) is 0 Å². The number of nitrogens with one attached hydrogen (secondary N) is 1. The van der Waals surface area contributed by atoms with E-state index in [2.05, 4.69) is 15.0 Å². The number of rotatable bonds is 3. The van der Waals surface area contributed by atoms with Gasteiger partial charge in [-0.05, 0) is 31.4 Å². The average molecular weight is 461 g/mol. The molecule has 3 heterocycles. The van der Waals surface area contributed by atoms with E-state index in [9.17, 15) is 26.3 Å². The highest BCUT2D eigenvalue weighted by atomic mass is 19.4. The fourth-order valence-corrected chi connectivity index (χ4v) is 3.30. The molecule has 0 saturated carbocycles. The minimum absolute atomic E-state index is 0.357. The number of hydrogen-bond acceptors (Lipinski definition) is 6. The van der Waals surface area contributed by atoms with Crippen molar-refractivity contribution >= 4 is 17.5 Å². The van der Waals surface area contributed by atoms with Gasteiger partial charge in [0.15, 0.2) is 11.5 Å². The van der Waals surface area contributed by atoms with E-state index in [0.717, 1.165) is 37.7 Å². The van der Waals surface area contributed by atoms with Crippen LogP contribution in [0.25, 0.3) is 0 Å². The number of anilines is 2. The summed E-state index contributed by atoms with van der Waals surface area (Å²) in [6.07, 6.45) is -6.88. The molecular formula is C19H17F6N5O2. The predicted molar refractivity (Wildman–Crippen MR) is 102 cm³/mol. The Morgan fingerprint density at radius 2 is 1.59 bits per heavy atom. The first-order valence-corrected chi connectivity index (χ1v) is 9.62. The molecule has 2 aromatic rings. The van der Waals surface area contributed by atoms with Crippen molar-refractivity contribution < 1.29 is 35.8 Å². The minimum Gasteiger partial charge on any atom is -0.423 e. The van der Waals surface area contributed by atoms with Crippen LogP contribution in [0.4, 0.5) is 38.0 Å². The number of benzene rings is 1. The van der Waals surface area contributed by atoms with E-state index in [4.69, 9.17) is 9.47 Å². The monoisotopic (exact) mass is 461 g/mol. The molecule has 1 N–H and O–H groups in total. The molecule has 1 aromatic heterocycles. The van der Waals surface area contributed by atoms with Gasteiger partial charge in [-0.25, -0.2) is 9.97 Å². The minimum atomic E-state index is -5.42. The number of para-hydroxylation sites is 2. The highest BCUT2D eigenvalue weighted by Gasteiger charge is 2.66. The van der Waals surface area contributed by atoms with Crippen molar-refractivity contribution in [1.29, 1.82) is 0 Å². The lowest BCUT2D eigenvalue weighted by molar-refractivity contribution is -0.305. The summed E-state index contributed by atoms with van der Waals surface area (Å²) in [6, 6.07) is 6.19. The van der Waals surface area contributed by atoms with Gasteiger partial charge in [0.25, 0.3) is 0 Å². The van der Waals surface area contributed by atoms with Gasteiger partial charge in [0, 0.05) is 19.2 Å². The molecule has 7 nitrogen and oxygen atoms in total. The zero-order chi connectivity index (χ0) is 23.0. The van der Waals surface area contributed by atoms with E-state index in [1.54, 1.807) is 0 Å². The standard InChI is InChI=1S/C19H17F6N5O2/c20-17(21,22)16(28-14-10-15(27-11-26-14)30-8-4-1-5-9-30)29-19(18(23,24)25)31-12-6-2-3-7-13(12)32-19/h2-3,6-7,10-11H,1,4-5,8-9H2,(H,26,27,28,29). The summed E-state index contributed by atoms with van der Waals surface area (Å²) in [5, 5.41) is 1.84. The van der Waals surface area contributed by atoms with Crippen molar-refractivity contribution in [2.45, 2.75) is 37.5 Å². The molecule has 0 unspecified atom stereocenters. The summed E-state index contributed by atoms with van der Waals surface area (Å²) in [7, 11) is 0. The van der Waals surface area contributed by atoms with Gasteiger partial charge >= 0.3 is 18.3 Å². The summed E-state index contributed by atoms with van der Waals surface area (Å²) >= 11 is 0. The third-order valence-corrected chi connectivity index (χ3v) is 4.81. The molecule has 13 heteroatoms. The van der Waals surface area contributed by atoms with E-state index < -0.39 is 24.1 Å². The molecule has 1 aromatic carbocycles. The van der Waals surface area contributed by atoms with E-state index in [0.29, 0.717) is 18.9 Å². The second-order valence-electron chi connectivity index (χ2n) is 7.12. The lowest BCUT2D eigenvalue weighted by Gasteiger charge is -2.28. The number of piperidine rings is 1. The molecule has 0 bridgehead atoms. The van der Waals surface area contributed by atoms with E-state index >= 15 is 0 Å². The van der Waals surface area contributed by atoms with Gasteiger partial charge in [-0.1, -0.05) is 12.1 Å². The predicted octanol–water partition coefficient (Wildman–Crippen LogP) is 4.53. The Morgan fingerprint density at radius 1 is 0.969 bits per heavy atom. The molecule has 0 spiro atoms. The maximum atomic E-state index is 13.8. The Hall–Kier alpha value is -3.25. The first kappa shape index (κ1) is 22.0. The van der Waals surface area contributed by atoms with Gasteiger partial charge in [0.05, 0.1) is 0 Å². The summed E-state index contributed by atoms with van der Waals surface area (Å²) in [5.41, 5.74) is 0. The number of nitrogens with zero attached hydrogens (tertiary/aromatic N) is 4. The third-order valence-electron chi connectivity index (χ3n) is 4.81. The van der Waals surface area contributed by atoms with Crippen LogP contribution in [0.3, 0.4) is 0 Å². The maximum Gasteiger partial charge on any atom is 0.494 e. The van der Waals surface area contributed by atoms with E-state index in [-0.39, 0.29) is 17.3 Å². The van der Waals surface area contributed by atoms with Crippen molar-refractivity contribution in [3.8, 4) is 11.5 Å². The highest BCUT2D eigenvalue weighted by Crippen LogP contribution is 2.47. The Balaban J connectivity index is 1.68. The number of ether oxygens (including phenoxy) is 2. The van der Waals surface area contributed by atoms with Gasteiger partial charge in [-0.15, -0.1) is 0 Å². The fourth-order valence-electron chi connectivity index (χ4n) is 3.30. The molecule has 32 heavy (non-hydrogen) atoms. The molecule has 0 aliphatic carbocycles. The second-order valence-corrected chi connectivity index (χ2v) is 7.12. The number of aromatic nitrogens is 2. The van der Waals surface area contributed by atoms with Crippen LogP contribution in [0.1, 0.15) is 19.3 Å². The molecule has 0 radical (unpaired) electrons. The van der Waals surface area contributed by atoms with Gasteiger partial charge in [-0.2, -0.15) is 31.3 Å². The normalized spacial score (nSPS) is 18.6. The van der Waals surface area contributed by atoms with Crippen molar-refractivity contribution in [2.24, 2.45) is 4.99 Å². The van der Waals surface area contributed by atoms with Gasteiger partial charge in [0.1, 0.15) is 18.0 Å². The van der Waals surface area contributed by atoms with Crippen LogP contribution >= 0.6 is 0 Å². The van der Waals surface area contributed by atoms with Crippen LogP contribution in [0, 0.1) is 0 Å². The zero-order valence-corrected chi connectivity index (χ0v) is 16.4. The average Bonchev–Trinajstić information content (AvgIpc) is 3.13. The molecule has 4 rings (SSSR count). The van der Waals surface area contributed by atoms with Gasteiger partial charge < -0.3 is 19.7 Å². The third kappa shape index (κ3) is 4.36. The molecule has 1 saturated heterocycles. The van der Waals surface area contributed by atoms with Crippen molar-refractivity contribution in [3.05, 3.63) is 36.7 Å². The van der Waals surface area contributed by atoms with E-state index in [1.165, 1.54) is 18.2 Å². The van der Waals surface area contributed by atoms with E-state index in [1.807, 2.05) is 10.2 Å². The van der Waals surface area contributed by atoms with Gasteiger partial charge in [-0.3, -0.25) is 0 Å². The number of aliphatic imine (C=N–C) groups is 1. The maximum absolute atomic E-state index is 13.8. The number of fused-ring (bicyclic) bond motifs is 1. The Kier molecular flexibility index (Phi) is 5.51. The number of halogens is 6. The first-order valence-electron chi connectivity index (χ1n) is 9.62. The Morgan fingerprint density at radius 3 is 2.16 bits per heavy atom. The fraction of sp³-hybridized carbons (Fsp3) is 0.421. The lowest BCUT2D eigenvalue weighted by Crippen LogP contribution is -2.53. The summed E-state index contributed by atoms with van der Waals surface area (Å²) in [5.74, 6) is -6.67. The summed E-state index contributed by atoms with van der Waals surface area (Å²) in [4.78, 5) is 12.4. The highest BCUT2D eigenvalue weighted by molar-refractivity contribution is 5.99.